The molecule has 2 rings (SSSR count). The van der Waals surface area contributed by atoms with Gasteiger partial charge in [-0.25, -0.2) is 14.8 Å². The first-order valence-electron chi connectivity index (χ1n) is 5.80. The summed E-state index contributed by atoms with van der Waals surface area (Å²) in [4.78, 5) is 33.6. The number of carbonyl (C=O) groups is 2. The Kier molecular flexibility index (Phi) is 4.77. The number of amides is 1. The first kappa shape index (κ1) is 15.3. The molecule has 2 aromatic rings. The smallest absolute Gasteiger partial charge is 0.326 e. The summed E-state index contributed by atoms with van der Waals surface area (Å²) < 4.78 is 0. The molecule has 0 unspecified atom stereocenters. The number of imidazole rings is 1. The Morgan fingerprint density at radius 1 is 1.38 bits per heavy atom. The highest BCUT2D eigenvalue weighted by Crippen LogP contribution is 2.16. The van der Waals surface area contributed by atoms with E-state index in [1.165, 1.54) is 24.7 Å². The number of carboxylic acids is 1. The lowest BCUT2D eigenvalue weighted by Gasteiger charge is -2.14. The second-order valence-corrected chi connectivity index (χ2v) is 4.86. The molecule has 0 bridgehead atoms. The summed E-state index contributed by atoms with van der Waals surface area (Å²) in [5.74, 6) is -1.81. The summed E-state index contributed by atoms with van der Waals surface area (Å²) in [6, 6.07) is 1.65. The van der Waals surface area contributed by atoms with Crippen molar-refractivity contribution in [3.63, 3.8) is 0 Å². The number of carboxylic acid groups (broad SMARTS) is 1. The summed E-state index contributed by atoms with van der Waals surface area (Å²) in [6.45, 7) is 0. The van der Waals surface area contributed by atoms with Crippen LogP contribution in [0.5, 0.6) is 0 Å². The van der Waals surface area contributed by atoms with Crippen LogP contribution in [0, 0.1) is 0 Å². The van der Waals surface area contributed by atoms with Crippen molar-refractivity contribution < 1.29 is 14.7 Å². The fourth-order valence-electron chi connectivity index (χ4n) is 1.63. The minimum absolute atomic E-state index is 0.0527. The standard InChI is InChI=1S/C12H10Cl2N4O3/c13-9-2-1-7(10(14)18-9)11(19)17-8(12(20)21)3-6-4-15-5-16-6/h1-2,4-5,8H,3H2,(H,15,16)(H,17,19)(H,20,21)/t8-/m1/s1. The summed E-state index contributed by atoms with van der Waals surface area (Å²) in [6.07, 6.45) is 2.98. The van der Waals surface area contributed by atoms with Gasteiger partial charge in [0.05, 0.1) is 11.9 Å². The summed E-state index contributed by atoms with van der Waals surface area (Å²) in [5, 5.41) is 11.6. The second-order valence-electron chi connectivity index (χ2n) is 4.12. The molecule has 2 heterocycles. The van der Waals surface area contributed by atoms with Gasteiger partial charge in [-0.1, -0.05) is 23.2 Å². The lowest BCUT2D eigenvalue weighted by molar-refractivity contribution is -0.139. The van der Waals surface area contributed by atoms with Crippen LogP contribution in [0.2, 0.25) is 10.3 Å². The number of rotatable bonds is 5. The highest BCUT2D eigenvalue weighted by Gasteiger charge is 2.23. The van der Waals surface area contributed by atoms with E-state index in [1.54, 1.807) is 0 Å². The van der Waals surface area contributed by atoms with Gasteiger partial charge in [0.25, 0.3) is 5.91 Å². The number of carbonyl (C=O) groups excluding carboxylic acids is 1. The monoisotopic (exact) mass is 328 g/mol. The summed E-state index contributed by atoms with van der Waals surface area (Å²) in [5.41, 5.74) is 0.639. The summed E-state index contributed by atoms with van der Waals surface area (Å²) in [7, 11) is 0. The van der Waals surface area contributed by atoms with Crippen LogP contribution in [-0.4, -0.2) is 38.0 Å². The van der Waals surface area contributed by atoms with E-state index in [4.69, 9.17) is 28.3 Å². The molecule has 1 amide bonds. The number of pyridine rings is 1. The number of hydrogen-bond acceptors (Lipinski definition) is 4. The van der Waals surface area contributed by atoms with Gasteiger partial charge in [-0.2, -0.15) is 0 Å². The van der Waals surface area contributed by atoms with Crippen LogP contribution in [0.1, 0.15) is 16.1 Å². The quantitative estimate of drug-likeness (QED) is 0.721. The van der Waals surface area contributed by atoms with Crippen molar-refractivity contribution in [2.75, 3.05) is 0 Å². The second kappa shape index (κ2) is 6.55. The predicted molar refractivity (Wildman–Crippen MR) is 75.4 cm³/mol. The first-order chi connectivity index (χ1) is 9.97. The zero-order valence-electron chi connectivity index (χ0n) is 10.5. The highest BCUT2D eigenvalue weighted by atomic mass is 35.5. The van der Waals surface area contributed by atoms with Crippen LogP contribution in [0.4, 0.5) is 0 Å². The molecule has 21 heavy (non-hydrogen) atoms. The van der Waals surface area contributed by atoms with Gasteiger partial charge in [0, 0.05) is 18.3 Å². The lowest BCUT2D eigenvalue weighted by Crippen LogP contribution is -2.42. The molecule has 9 heteroatoms. The van der Waals surface area contributed by atoms with Crippen LogP contribution < -0.4 is 5.32 Å². The third kappa shape index (κ3) is 3.93. The van der Waals surface area contributed by atoms with Crippen LogP contribution in [0.3, 0.4) is 0 Å². The lowest BCUT2D eigenvalue weighted by atomic mass is 10.1. The molecule has 7 nitrogen and oxygen atoms in total. The minimum atomic E-state index is -1.17. The fourth-order valence-corrected chi connectivity index (χ4v) is 2.06. The first-order valence-corrected chi connectivity index (χ1v) is 6.56. The molecule has 0 aliphatic carbocycles. The zero-order chi connectivity index (χ0) is 15.4. The van der Waals surface area contributed by atoms with Gasteiger partial charge >= 0.3 is 5.97 Å². The number of hydrogen-bond donors (Lipinski definition) is 3. The molecule has 2 aromatic heterocycles. The van der Waals surface area contributed by atoms with E-state index < -0.39 is 17.9 Å². The van der Waals surface area contributed by atoms with E-state index in [2.05, 4.69) is 20.3 Å². The molecule has 110 valence electrons. The SMILES string of the molecule is O=C(N[C@H](Cc1cnc[nH]1)C(=O)O)c1ccc(Cl)nc1Cl. The Balaban J connectivity index is 2.12. The molecule has 0 saturated carbocycles. The maximum Gasteiger partial charge on any atom is 0.326 e. The van der Waals surface area contributed by atoms with Crippen molar-refractivity contribution in [2.24, 2.45) is 0 Å². The van der Waals surface area contributed by atoms with Crippen molar-refractivity contribution in [3.05, 3.63) is 46.2 Å². The van der Waals surface area contributed by atoms with E-state index in [1.807, 2.05) is 0 Å². The van der Waals surface area contributed by atoms with Crippen molar-refractivity contribution in [1.82, 2.24) is 20.3 Å². The average Bonchev–Trinajstić information content (AvgIpc) is 2.90. The molecule has 0 aromatic carbocycles. The highest BCUT2D eigenvalue weighted by molar-refractivity contribution is 6.34. The number of aromatic nitrogens is 3. The van der Waals surface area contributed by atoms with Crippen molar-refractivity contribution in [1.29, 1.82) is 0 Å². The van der Waals surface area contributed by atoms with E-state index in [0.29, 0.717) is 5.69 Å². The Morgan fingerprint density at radius 3 is 2.71 bits per heavy atom. The summed E-state index contributed by atoms with van der Waals surface area (Å²) >= 11 is 11.5. The van der Waals surface area contributed by atoms with E-state index in [-0.39, 0.29) is 22.3 Å². The Hall–Kier alpha value is -2.12. The Bertz CT molecular complexity index is 661. The molecule has 0 aliphatic heterocycles. The molecule has 0 fully saturated rings. The number of halogens is 2. The van der Waals surface area contributed by atoms with Gasteiger partial charge < -0.3 is 15.4 Å². The van der Waals surface area contributed by atoms with Crippen molar-refractivity contribution in [2.45, 2.75) is 12.5 Å². The molecule has 0 saturated heterocycles. The predicted octanol–water partition coefficient (Wildman–Crippen LogP) is 1.54. The zero-order valence-corrected chi connectivity index (χ0v) is 12.0. The van der Waals surface area contributed by atoms with Crippen molar-refractivity contribution >= 4 is 35.1 Å². The van der Waals surface area contributed by atoms with E-state index in [9.17, 15) is 9.59 Å². The van der Waals surface area contributed by atoms with Crippen LogP contribution >= 0.6 is 23.2 Å². The third-order valence-electron chi connectivity index (χ3n) is 2.64. The van der Waals surface area contributed by atoms with Gasteiger partial charge in [-0.3, -0.25) is 4.79 Å². The van der Waals surface area contributed by atoms with Gasteiger partial charge in [0.2, 0.25) is 0 Å². The molecule has 0 aliphatic rings. The van der Waals surface area contributed by atoms with Crippen LogP contribution in [-0.2, 0) is 11.2 Å². The Morgan fingerprint density at radius 2 is 2.14 bits per heavy atom. The number of nitrogens with one attached hydrogen (secondary N) is 2. The van der Waals surface area contributed by atoms with E-state index in [0.717, 1.165) is 0 Å². The Labute approximate surface area is 129 Å². The molecule has 1 atom stereocenters. The number of aliphatic carboxylic acids is 1. The molecule has 3 N–H and O–H groups in total. The molecular weight excluding hydrogens is 319 g/mol. The molecular formula is C12H10Cl2N4O3. The van der Waals surface area contributed by atoms with Gasteiger partial charge in [0.1, 0.15) is 16.3 Å². The van der Waals surface area contributed by atoms with Gasteiger partial charge in [-0.05, 0) is 12.1 Å². The largest absolute Gasteiger partial charge is 0.480 e. The minimum Gasteiger partial charge on any atom is -0.480 e. The van der Waals surface area contributed by atoms with Gasteiger partial charge in [0.15, 0.2) is 0 Å². The maximum atomic E-state index is 12.1. The van der Waals surface area contributed by atoms with Crippen molar-refractivity contribution in [3.8, 4) is 0 Å². The third-order valence-corrected chi connectivity index (χ3v) is 3.14. The molecule has 0 radical (unpaired) electrons. The van der Waals surface area contributed by atoms with Crippen LogP contribution in [0.25, 0.3) is 0 Å². The number of H-pyrrole nitrogens is 1. The molecule has 0 spiro atoms. The van der Waals surface area contributed by atoms with Crippen LogP contribution in [0.15, 0.2) is 24.7 Å². The average molecular weight is 329 g/mol. The maximum absolute atomic E-state index is 12.1. The topological polar surface area (TPSA) is 108 Å². The number of aromatic amines is 1. The normalized spacial score (nSPS) is 11.9. The fraction of sp³-hybridized carbons (Fsp3) is 0.167. The number of nitrogens with zero attached hydrogens (tertiary/aromatic N) is 2. The van der Waals surface area contributed by atoms with E-state index >= 15 is 0 Å². The van der Waals surface area contributed by atoms with Gasteiger partial charge in [-0.15, -0.1) is 0 Å².